The van der Waals surface area contributed by atoms with Crippen LogP contribution in [0.2, 0.25) is 0 Å². The van der Waals surface area contributed by atoms with Crippen molar-refractivity contribution < 1.29 is 31.9 Å². The summed E-state index contributed by atoms with van der Waals surface area (Å²) in [4.78, 5) is 13.7. The molecule has 0 aliphatic carbocycles. The Morgan fingerprint density at radius 1 is 1.45 bits per heavy atom. The molecule has 0 aliphatic rings. The second kappa shape index (κ2) is 5.40. The molecule has 0 spiro atoms. The van der Waals surface area contributed by atoms with Crippen molar-refractivity contribution in [2.75, 3.05) is 0 Å². The third-order valence-electron chi connectivity index (χ3n) is 2.55. The summed E-state index contributed by atoms with van der Waals surface area (Å²) in [5.74, 6) is -1.82. The number of hydrogen-bond donors (Lipinski definition) is 1. The van der Waals surface area contributed by atoms with Gasteiger partial charge in [0, 0.05) is 5.56 Å². The van der Waals surface area contributed by atoms with E-state index in [0.29, 0.717) is 0 Å². The van der Waals surface area contributed by atoms with Gasteiger partial charge in [-0.2, -0.15) is 18.4 Å². The molecule has 0 aromatic carbocycles. The summed E-state index contributed by atoms with van der Waals surface area (Å²) in [7, 11) is 0. The molecule has 1 heterocycles. The summed E-state index contributed by atoms with van der Waals surface area (Å²) in [6.07, 6.45) is -9.31. The zero-order valence-corrected chi connectivity index (χ0v) is 9.92. The predicted molar refractivity (Wildman–Crippen MR) is 55.2 cm³/mol. The lowest BCUT2D eigenvalue weighted by molar-refractivity contribution is -0.142. The van der Waals surface area contributed by atoms with Crippen molar-refractivity contribution in [3.63, 3.8) is 0 Å². The lowest BCUT2D eigenvalue weighted by Crippen LogP contribution is -2.19. The molecular weight excluding hydrogens is 287 g/mol. The fraction of sp³-hybridized carbons (Fsp3) is 0.364. The first-order valence-electron chi connectivity index (χ1n) is 5.10. The smallest absolute Gasteiger partial charge is 0.433 e. The van der Waals surface area contributed by atoms with E-state index in [4.69, 9.17) is 10.4 Å². The standard InChI is InChI=1S/C11H7F5N2O2/c1-4-5(2-3-17)8(11(14,15)16)18-7(9(12)13)6(4)10(19)20/h9H,2H2,1H3,(H,19,20). The highest BCUT2D eigenvalue weighted by molar-refractivity contribution is 5.91. The molecule has 0 aliphatic heterocycles. The number of rotatable bonds is 3. The highest BCUT2D eigenvalue weighted by atomic mass is 19.4. The molecule has 20 heavy (non-hydrogen) atoms. The van der Waals surface area contributed by atoms with Crippen LogP contribution in [0.25, 0.3) is 0 Å². The average molecular weight is 294 g/mol. The lowest BCUT2D eigenvalue weighted by atomic mass is 9.97. The molecule has 0 unspecified atom stereocenters. The van der Waals surface area contributed by atoms with Crippen LogP contribution in [0.3, 0.4) is 0 Å². The van der Waals surface area contributed by atoms with Gasteiger partial charge in [-0.3, -0.25) is 0 Å². The van der Waals surface area contributed by atoms with Crippen molar-refractivity contribution in [2.24, 2.45) is 0 Å². The van der Waals surface area contributed by atoms with Crippen LogP contribution in [-0.2, 0) is 12.6 Å². The number of carboxylic acids is 1. The Bertz CT molecular complexity index is 590. The average Bonchev–Trinajstić information content (AvgIpc) is 2.28. The zero-order chi connectivity index (χ0) is 15.7. The second-order valence-corrected chi connectivity index (χ2v) is 3.76. The van der Waals surface area contributed by atoms with E-state index in [1.165, 1.54) is 6.07 Å². The molecule has 1 rings (SSSR count). The summed E-state index contributed by atoms with van der Waals surface area (Å²) in [5, 5.41) is 17.3. The van der Waals surface area contributed by atoms with Crippen LogP contribution in [-0.4, -0.2) is 16.1 Å². The molecule has 4 nitrogen and oxygen atoms in total. The summed E-state index contributed by atoms with van der Waals surface area (Å²) in [6, 6.07) is 1.43. The van der Waals surface area contributed by atoms with E-state index >= 15 is 0 Å². The lowest BCUT2D eigenvalue weighted by Gasteiger charge is -2.17. The van der Waals surface area contributed by atoms with Gasteiger partial charge in [-0.1, -0.05) is 0 Å². The third kappa shape index (κ3) is 2.84. The van der Waals surface area contributed by atoms with Crippen LogP contribution < -0.4 is 0 Å². The van der Waals surface area contributed by atoms with Crippen molar-refractivity contribution in [3.05, 3.63) is 28.1 Å². The minimum absolute atomic E-state index is 0.531. The fourth-order valence-electron chi connectivity index (χ4n) is 1.72. The molecule has 0 bridgehead atoms. The summed E-state index contributed by atoms with van der Waals surface area (Å²) < 4.78 is 63.7. The number of pyridine rings is 1. The van der Waals surface area contributed by atoms with Crippen molar-refractivity contribution in [2.45, 2.75) is 25.9 Å². The topological polar surface area (TPSA) is 74.0 Å². The van der Waals surface area contributed by atoms with Gasteiger partial charge in [-0.05, 0) is 12.5 Å². The highest BCUT2D eigenvalue weighted by Gasteiger charge is 2.39. The Hall–Kier alpha value is -2.24. The van der Waals surface area contributed by atoms with Crippen LogP contribution in [0.1, 0.15) is 39.3 Å². The van der Waals surface area contributed by atoms with Crippen molar-refractivity contribution >= 4 is 5.97 Å². The number of halogens is 5. The van der Waals surface area contributed by atoms with E-state index in [-0.39, 0.29) is 0 Å². The molecule has 0 atom stereocenters. The van der Waals surface area contributed by atoms with Gasteiger partial charge in [0.15, 0.2) is 0 Å². The Morgan fingerprint density at radius 2 is 2.00 bits per heavy atom. The SMILES string of the molecule is Cc1c(CC#N)c(C(F)(F)F)nc(C(F)F)c1C(=O)O. The fourth-order valence-corrected chi connectivity index (χ4v) is 1.72. The largest absolute Gasteiger partial charge is 0.478 e. The highest BCUT2D eigenvalue weighted by Crippen LogP contribution is 2.36. The van der Waals surface area contributed by atoms with Gasteiger partial charge < -0.3 is 5.11 Å². The number of carbonyl (C=O) groups is 1. The van der Waals surface area contributed by atoms with Gasteiger partial charge in [-0.25, -0.2) is 18.6 Å². The maximum absolute atomic E-state index is 12.8. The number of nitrogens with zero attached hydrogens (tertiary/aromatic N) is 2. The van der Waals surface area contributed by atoms with Gasteiger partial charge in [0.25, 0.3) is 6.43 Å². The molecule has 0 radical (unpaired) electrons. The maximum atomic E-state index is 12.8. The van der Waals surface area contributed by atoms with E-state index in [9.17, 15) is 26.7 Å². The van der Waals surface area contributed by atoms with E-state index < -0.39 is 53.1 Å². The van der Waals surface area contributed by atoms with Crippen LogP contribution in [0.4, 0.5) is 22.0 Å². The third-order valence-corrected chi connectivity index (χ3v) is 2.55. The van der Waals surface area contributed by atoms with Crippen molar-refractivity contribution in [1.82, 2.24) is 4.98 Å². The number of alkyl halides is 5. The van der Waals surface area contributed by atoms with Crippen LogP contribution >= 0.6 is 0 Å². The van der Waals surface area contributed by atoms with Crippen LogP contribution in [0.5, 0.6) is 0 Å². The van der Waals surface area contributed by atoms with Crippen molar-refractivity contribution in [3.8, 4) is 6.07 Å². The first-order valence-corrected chi connectivity index (χ1v) is 5.10. The van der Waals surface area contributed by atoms with Crippen LogP contribution in [0, 0.1) is 18.3 Å². The molecule has 0 saturated carbocycles. The first-order chi connectivity index (χ1) is 9.11. The Balaban J connectivity index is 3.80. The quantitative estimate of drug-likeness (QED) is 0.869. The number of nitriles is 1. The molecule has 0 fully saturated rings. The Kier molecular flexibility index (Phi) is 4.27. The summed E-state index contributed by atoms with van der Waals surface area (Å²) in [5.41, 5.74) is -5.35. The van der Waals surface area contributed by atoms with E-state index in [0.717, 1.165) is 6.92 Å². The normalized spacial score (nSPS) is 11.5. The summed E-state index contributed by atoms with van der Waals surface area (Å²) >= 11 is 0. The minimum Gasteiger partial charge on any atom is -0.478 e. The van der Waals surface area contributed by atoms with Crippen molar-refractivity contribution in [1.29, 1.82) is 5.26 Å². The maximum Gasteiger partial charge on any atom is 0.433 e. The second-order valence-electron chi connectivity index (χ2n) is 3.76. The number of hydrogen-bond acceptors (Lipinski definition) is 3. The minimum atomic E-state index is -5.06. The summed E-state index contributed by atoms with van der Waals surface area (Å²) in [6.45, 7) is 0.943. The molecular formula is C11H7F5N2O2. The van der Waals surface area contributed by atoms with Gasteiger partial charge in [0.1, 0.15) is 11.4 Å². The van der Waals surface area contributed by atoms with Gasteiger partial charge >= 0.3 is 12.1 Å². The monoisotopic (exact) mass is 294 g/mol. The van der Waals surface area contributed by atoms with E-state index in [1.54, 1.807) is 0 Å². The molecule has 0 saturated heterocycles. The number of aromatic carboxylic acids is 1. The zero-order valence-electron chi connectivity index (χ0n) is 9.92. The van der Waals surface area contributed by atoms with Gasteiger partial charge in [0.05, 0.1) is 18.1 Å². The first kappa shape index (κ1) is 15.8. The van der Waals surface area contributed by atoms with Gasteiger partial charge in [-0.15, -0.1) is 0 Å². The van der Waals surface area contributed by atoms with E-state index in [2.05, 4.69) is 4.98 Å². The Morgan fingerprint density at radius 3 is 2.35 bits per heavy atom. The molecule has 0 amide bonds. The predicted octanol–water partition coefficient (Wildman–Crippen LogP) is 3.11. The van der Waals surface area contributed by atoms with Crippen LogP contribution in [0.15, 0.2) is 0 Å². The van der Waals surface area contributed by atoms with E-state index in [1.807, 2.05) is 0 Å². The molecule has 1 N–H and O–H groups in total. The Labute approximate surface area is 109 Å². The number of aromatic nitrogens is 1. The van der Waals surface area contributed by atoms with Gasteiger partial charge in [0.2, 0.25) is 0 Å². The number of carboxylic acid groups (broad SMARTS) is 1. The molecule has 1 aromatic rings. The molecule has 9 heteroatoms. The molecule has 1 aromatic heterocycles. The molecule has 108 valence electrons.